The van der Waals surface area contributed by atoms with Crippen LogP contribution in [0.25, 0.3) is 0 Å². The number of allylic oxidation sites excluding steroid dienone is 2. The summed E-state index contributed by atoms with van der Waals surface area (Å²) in [7, 11) is 1.24. The highest BCUT2D eigenvalue weighted by atomic mass is 35.5. The van der Waals surface area contributed by atoms with Gasteiger partial charge in [-0.15, -0.1) is 0 Å². The third-order valence-corrected chi connectivity index (χ3v) is 6.88. The van der Waals surface area contributed by atoms with E-state index in [9.17, 15) is 18.8 Å². The van der Waals surface area contributed by atoms with Gasteiger partial charge in [0.15, 0.2) is 0 Å². The average molecular weight is 526 g/mol. The summed E-state index contributed by atoms with van der Waals surface area (Å²) in [5.74, 6) is -0.968. The largest absolute Gasteiger partial charge is 0.468 e. The van der Waals surface area contributed by atoms with E-state index in [-0.39, 0.29) is 46.6 Å². The number of rotatable bonds is 7. The highest BCUT2D eigenvalue weighted by molar-refractivity contribution is 6.35. The summed E-state index contributed by atoms with van der Waals surface area (Å²) < 4.78 is 19.0. The van der Waals surface area contributed by atoms with E-state index < -0.39 is 18.2 Å². The Hall–Kier alpha value is -2.42. The van der Waals surface area contributed by atoms with Crippen LogP contribution >= 0.6 is 23.2 Å². The number of aryl methyl sites for hydroxylation is 2. The van der Waals surface area contributed by atoms with Gasteiger partial charge in [-0.25, -0.2) is 9.18 Å². The van der Waals surface area contributed by atoms with Gasteiger partial charge in [-0.3, -0.25) is 14.5 Å². The van der Waals surface area contributed by atoms with Gasteiger partial charge in [-0.05, 0) is 50.8 Å². The second-order valence-electron chi connectivity index (χ2n) is 8.92. The monoisotopic (exact) mass is 525 g/mol. The molecule has 2 aliphatic rings. The maximum absolute atomic E-state index is 14.0. The number of H-pyrrole nitrogens is 1. The van der Waals surface area contributed by atoms with Gasteiger partial charge in [0.25, 0.3) is 11.5 Å². The van der Waals surface area contributed by atoms with Gasteiger partial charge in [0.2, 0.25) is 0 Å². The number of amides is 1. The summed E-state index contributed by atoms with van der Waals surface area (Å²) in [4.78, 5) is 44.8. The minimum absolute atomic E-state index is 0.0287. The molecular formula is C25H30Cl2FN3O4. The van der Waals surface area contributed by atoms with E-state index in [0.29, 0.717) is 37.1 Å². The summed E-state index contributed by atoms with van der Waals surface area (Å²) in [5, 5.41) is 0.166. The van der Waals surface area contributed by atoms with Gasteiger partial charge < -0.3 is 14.6 Å². The predicted molar refractivity (Wildman–Crippen MR) is 134 cm³/mol. The standard InChI is InChI=1S/C25H30Cl2FN3O4/c1-14-10-16(3)29-23(32)20(14)13-31-8-5-6-18(24(31)33)21(27)19(11-15(2)26)22(25(34)35-4)30-9-7-17(28)12-30/h10-11,17,22H,2,5-9,12-13H2,1,3-4H3,(H,29,32)/b19-11+,21-18-/t17-,22?/m1/s1. The fourth-order valence-electron chi connectivity index (χ4n) is 4.64. The van der Waals surface area contributed by atoms with Gasteiger partial charge in [0.1, 0.15) is 12.2 Å². The first-order valence-electron chi connectivity index (χ1n) is 11.4. The molecule has 1 amide bonds. The van der Waals surface area contributed by atoms with E-state index in [1.54, 1.807) is 16.7 Å². The van der Waals surface area contributed by atoms with Crippen molar-refractivity contribution in [2.45, 2.75) is 51.9 Å². The van der Waals surface area contributed by atoms with Crippen LogP contribution in [0.1, 0.15) is 36.1 Å². The van der Waals surface area contributed by atoms with Crippen molar-refractivity contribution in [3.8, 4) is 0 Å². The SMILES string of the molecule is C=C(Cl)/C=C(\C(Cl)=C1/CCCN(Cc2c(C)cc(C)[nH]c2=O)C1=O)C(C(=O)OC)N1CC[C@@H](F)C1. The highest BCUT2D eigenvalue weighted by Gasteiger charge is 2.38. The zero-order valence-corrected chi connectivity index (χ0v) is 21.6. The third kappa shape index (κ3) is 6.23. The molecule has 1 aromatic heterocycles. The Balaban J connectivity index is 2.00. The van der Waals surface area contributed by atoms with Crippen molar-refractivity contribution in [3.63, 3.8) is 0 Å². The summed E-state index contributed by atoms with van der Waals surface area (Å²) in [6, 6.07) is 0.818. The van der Waals surface area contributed by atoms with Crippen LogP contribution < -0.4 is 5.56 Å². The fraction of sp³-hybridized carbons (Fsp3) is 0.480. The number of ether oxygens (including phenoxy) is 1. The number of likely N-dealkylation sites (tertiary alicyclic amines) is 2. The lowest BCUT2D eigenvalue weighted by Crippen LogP contribution is -2.43. The molecule has 2 aliphatic heterocycles. The molecule has 0 bridgehead atoms. The number of hydrogen-bond donors (Lipinski definition) is 1. The Kier molecular flexibility index (Phi) is 8.96. The number of aromatic amines is 1. The number of aromatic nitrogens is 1. The Morgan fingerprint density at radius 2 is 2.06 bits per heavy atom. The van der Waals surface area contributed by atoms with Crippen molar-refractivity contribution in [3.05, 3.63) is 67.1 Å². The van der Waals surface area contributed by atoms with E-state index in [1.807, 2.05) is 13.0 Å². The number of piperidine rings is 1. The molecule has 35 heavy (non-hydrogen) atoms. The van der Waals surface area contributed by atoms with E-state index in [0.717, 1.165) is 11.3 Å². The number of nitrogens with one attached hydrogen (secondary N) is 1. The Morgan fingerprint density at radius 1 is 1.34 bits per heavy atom. The molecule has 2 fully saturated rings. The van der Waals surface area contributed by atoms with E-state index >= 15 is 0 Å². The van der Waals surface area contributed by atoms with E-state index in [4.69, 9.17) is 27.9 Å². The number of carbonyl (C=O) groups is 2. The second-order valence-corrected chi connectivity index (χ2v) is 9.78. The fourth-order valence-corrected chi connectivity index (χ4v) is 5.09. The molecule has 10 heteroatoms. The van der Waals surface area contributed by atoms with Crippen LogP contribution in [0.2, 0.25) is 0 Å². The molecule has 1 N–H and O–H groups in total. The van der Waals surface area contributed by atoms with Crippen molar-refractivity contribution < 1.29 is 18.7 Å². The number of pyridine rings is 1. The minimum atomic E-state index is -1.09. The lowest BCUT2D eigenvalue weighted by atomic mass is 9.95. The van der Waals surface area contributed by atoms with Gasteiger partial charge in [0, 0.05) is 47.1 Å². The molecule has 3 rings (SSSR count). The lowest BCUT2D eigenvalue weighted by molar-refractivity contribution is -0.145. The molecule has 0 spiro atoms. The number of hydrogen-bond acceptors (Lipinski definition) is 5. The average Bonchev–Trinajstić information content (AvgIpc) is 3.21. The molecule has 0 saturated carbocycles. The van der Waals surface area contributed by atoms with Gasteiger partial charge in [0.05, 0.1) is 18.7 Å². The third-order valence-electron chi connectivity index (χ3n) is 6.32. The number of alkyl halides is 1. The van der Waals surface area contributed by atoms with Gasteiger partial charge in [-0.2, -0.15) is 0 Å². The number of halogens is 3. The van der Waals surface area contributed by atoms with Crippen molar-refractivity contribution in [2.24, 2.45) is 0 Å². The van der Waals surface area contributed by atoms with Crippen molar-refractivity contribution in [1.29, 1.82) is 0 Å². The van der Waals surface area contributed by atoms with Crippen molar-refractivity contribution in [1.82, 2.24) is 14.8 Å². The normalized spacial score (nSPS) is 21.8. The smallest absolute Gasteiger partial charge is 0.327 e. The number of nitrogens with zero attached hydrogens (tertiary/aromatic N) is 2. The maximum atomic E-state index is 14.0. The van der Waals surface area contributed by atoms with Crippen LogP contribution in [-0.4, -0.2) is 65.6 Å². The minimum Gasteiger partial charge on any atom is -0.468 e. The molecular weight excluding hydrogens is 496 g/mol. The Labute approximate surface area is 214 Å². The van der Waals surface area contributed by atoms with Crippen LogP contribution in [0.15, 0.2) is 44.7 Å². The summed E-state index contributed by atoms with van der Waals surface area (Å²) >= 11 is 12.9. The molecule has 0 radical (unpaired) electrons. The molecule has 1 unspecified atom stereocenters. The van der Waals surface area contributed by atoms with Gasteiger partial charge >= 0.3 is 5.97 Å². The van der Waals surface area contributed by atoms with Crippen molar-refractivity contribution >= 4 is 35.1 Å². The van der Waals surface area contributed by atoms with Crippen LogP contribution in [-0.2, 0) is 20.9 Å². The molecule has 2 saturated heterocycles. The van der Waals surface area contributed by atoms with Gasteiger partial charge in [-0.1, -0.05) is 29.8 Å². The first-order valence-corrected chi connectivity index (χ1v) is 12.2. The highest BCUT2D eigenvalue weighted by Crippen LogP contribution is 2.34. The Morgan fingerprint density at radius 3 is 2.63 bits per heavy atom. The van der Waals surface area contributed by atoms with Crippen LogP contribution in [0, 0.1) is 13.8 Å². The van der Waals surface area contributed by atoms with Crippen LogP contribution in [0.4, 0.5) is 4.39 Å². The van der Waals surface area contributed by atoms with E-state index in [1.165, 1.54) is 13.2 Å². The lowest BCUT2D eigenvalue weighted by Gasteiger charge is -2.32. The number of esters is 1. The Bertz CT molecular complexity index is 1140. The molecule has 2 atom stereocenters. The molecule has 0 aliphatic carbocycles. The summed E-state index contributed by atoms with van der Waals surface area (Å²) in [5.41, 5.74) is 2.34. The summed E-state index contributed by atoms with van der Waals surface area (Å²) in [6.45, 7) is 8.24. The molecule has 0 aromatic carbocycles. The number of methoxy groups -OCH3 is 1. The van der Waals surface area contributed by atoms with Crippen LogP contribution in [0.3, 0.4) is 0 Å². The topological polar surface area (TPSA) is 82.7 Å². The zero-order valence-electron chi connectivity index (χ0n) is 20.1. The molecule has 7 nitrogen and oxygen atoms in total. The maximum Gasteiger partial charge on any atom is 0.327 e. The van der Waals surface area contributed by atoms with Crippen molar-refractivity contribution in [2.75, 3.05) is 26.7 Å². The quantitative estimate of drug-likeness (QED) is 0.332. The first kappa shape index (κ1) is 27.2. The number of carbonyl (C=O) groups excluding carboxylic acids is 2. The molecule has 1 aromatic rings. The zero-order chi connectivity index (χ0) is 25.9. The molecule has 190 valence electrons. The molecule has 3 heterocycles. The predicted octanol–water partition coefficient (Wildman–Crippen LogP) is 3.87. The second kappa shape index (κ2) is 11.5. The summed E-state index contributed by atoms with van der Waals surface area (Å²) in [6.07, 6.45) is 1.60. The first-order chi connectivity index (χ1) is 16.5. The van der Waals surface area contributed by atoms with Crippen LogP contribution in [0.5, 0.6) is 0 Å². The van der Waals surface area contributed by atoms with E-state index in [2.05, 4.69) is 11.6 Å².